The molecule has 2 rings (SSSR count). The van der Waals surface area contributed by atoms with E-state index in [4.69, 9.17) is 24.1 Å². The van der Waals surface area contributed by atoms with Gasteiger partial charge in [0.15, 0.2) is 23.9 Å². The Morgan fingerprint density at radius 3 is 2.27 bits per heavy atom. The first-order valence-electron chi connectivity index (χ1n) is 9.25. The van der Waals surface area contributed by atoms with Crippen LogP contribution in [0.25, 0.3) is 6.08 Å². The molecule has 30 heavy (non-hydrogen) atoms. The van der Waals surface area contributed by atoms with E-state index >= 15 is 0 Å². The van der Waals surface area contributed by atoms with Crippen molar-refractivity contribution in [3.05, 3.63) is 53.6 Å². The number of carbonyl (C=O) groups excluding carboxylic acids is 1. The van der Waals surface area contributed by atoms with Gasteiger partial charge in [0.2, 0.25) is 0 Å². The van der Waals surface area contributed by atoms with E-state index in [1.165, 1.54) is 26.4 Å². The van der Waals surface area contributed by atoms with Crippen molar-refractivity contribution in [3.63, 3.8) is 0 Å². The van der Waals surface area contributed by atoms with Gasteiger partial charge in [0.25, 0.3) is 0 Å². The quantitative estimate of drug-likeness (QED) is 0.485. The van der Waals surface area contributed by atoms with Crippen LogP contribution in [0.2, 0.25) is 0 Å². The first-order valence-corrected chi connectivity index (χ1v) is 9.25. The molecule has 0 saturated carbocycles. The number of ketones is 1. The second kappa shape index (κ2) is 9.82. The Morgan fingerprint density at radius 2 is 1.67 bits per heavy atom. The Balaban J connectivity index is 2.32. The zero-order valence-corrected chi connectivity index (χ0v) is 17.7. The first kappa shape index (κ1) is 22.8. The molecule has 0 radical (unpaired) electrons. The molecule has 0 aromatic heterocycles. The monoisotopic (exact) mass is 414 g/mol. The van der Waals surface area contributed by atoms with Crippen LogP contribution in [0.3, 0.4) is 0 Å². The van der Waals surface area contributed by atoms with Crippen LogP contribution in [-0.4, -0.2) is 43.3 Å². The molecule has 0 aliphatic carbocycles. The minimum absolute atomic E-state index is 0.271. The van der Waals surface area contributed by atoms with Gasteiger partial charge in [-0.3, -0.25) is 4.79 Å². The van der Waals surface area contributed by atoms with Crippen molar-refractivity contribution in [2.24, 2.45) is 0 Å². The van der Waals surface area contributed by atoms with Crippen LogP contribution in [0.15, 0.2) is 42.5 Å². The summed E-state index contributed by atoms with van der Waals surface area (Å²) < 4.78 is 21.8. The summed E-state index contributed by atoms with van der Waals surface area (Å²) in [7, 11) is 3.07. The van der Waals surface area contributed by atoms with E-state index in [1.54, 1.807) is 36.4 Å². The molecule has 160 valence electrons. The lowest BCUT2D eigenvalue weighted by Gasteiger charge is -2.23. The van der Waals surface area contributed by atoms with Crippen molar-refractivity contribution in [2.75, 3.05) is 20.8 Å². The number of benzene rings is 2. The Hall–Kier alpha value is -3.48. The molecule has 0 atom stereocenters. The van der Waals surface area contributed by atoms with Gasteiger partial charge in [0.1, 0.15) is 17.1 Å². The molecule has 0 aliphatic heterocycles. The third kappa shape index (κ3) is 6.55. The van der Waals surface area contributed by atoms with Crippen LogP contribution in [0.5, 0.6) is 23.0 Å². The highest BCUT2D eigenvalue weighted by Crippen LogP contribution is 2.37. The molecule has 2 aromatic carbocycles. The lowest BCUT2D eigenvalue weighted by molar-refractivity contribution is -0.139. The summed E-state index contributed by atoms with van der Waals surface area (Å²) in [6, 6.07) is 9.79. The Kier molecular flexibility index (Phi) is 7.47. The van der Waals surface area contributed by atoms with Gasteiger partial charge in [-0.15, -0.1) is 0 Å². The van der Waals surface area contributed by atoms with Gasteiger partial charge < -0.3 is 24.1 Å². The van der Waals surface area contributed by atoms with E-state index in [-0.39, 0.29) is 5.78 Å². The number of carbonyl (C=O) groups is 2. The van der Waals surface area contributed by atoms with Gasteiger partial charge in [0.05, 0.1) is 14.2 Å². The summed E-state index contributed by atoms with van der Waals surface area (Å²) in [5.74, 6) is 0.513. The summed E-state index contributed by atoms with van der Waals surface area (Å²) in [6.45, 7) is 5.29. The van der Waals surface area contributed by atoms with Crippen LogP contribution in [0.1, 0.15) is 36.7 Å². The van der Waals surface area contributed by atoms with Crippen molar-refractivity contribution in [1.29, 1.82) is 0 Å². The molecule has 0 fully saturated rings. The molecule has 0 aliphatic rings. The Morgan fingerprint density at radius 1 is 1.00 bits per heavy atom. The number of hydrogen-bond donors (Lipinski definition) is 1. The van der Waals surface area contributed by atoms with E-state index in [9.17, 15) is 9.59 Å². The second-order valence-electron chi connectivity index (χ2n) is 7.37. The fraction of sp³-hybridized carbons (Fsp3) is 0.304. The number of hydrogen-bond acceptors (Lipinski definition) is 6. The molecule has 0 bridgehead atoms. The van der Waals surface area contributed by atoms with Crippen LogP contribution >= 0.6 is 0 Å². The Labute approximate surface area is 175 Å². The molecule has 0 amide bonds. The van der Waals surface area contributed by atoms with Gasteiger partial charge in [0, 0.05) is 17.2 Å². The number of rotatable bonds is 9. The maximum atomic E-state index is 12.6. The number of carboxylic acid groups (broad SMARTS) is 1. The summed E-state index contributed by atoms with van der Waals surface area (Å²) in [5, 5.41) is 8.72. The molecule has 0 heterocycles. The smallest absolute Gasteiger partial charge is 0.341 e. The lowest BCUT2D eigenvalue weighted by atomic mass is 10.1. The minimum atomic E-state index is -1.09. The second-order valence-corrected chi connectivity index (χ2v) is 7.37. The fourth-order valence-electron chi connectivity index (χ4n) is 2.57. The molecule has 0 spiro atoms. The summed E-state index contributed by atoms with van der Waals surface area (Å²) >= 11 is 0. The number of allylic oxidation sites excluding steroid dienone is 1. The summed E-state index contributed by atoms with van der Waals surface area (Å²) in [6.07, 6.45) is 3.04. The highest BCUT2D eigenvalue weighted by molar-refractivity contribution is 6.07. The minimum Gasteiger partial charge on any atom is -0.493 e. The summed E-state index contributed by atoms with van der Waals surface area (Å²) in [4.78, 5) is 23.3. The molecule has 7 nitrogen and oxygen atoms in total. The number of methoxy groups -OCH3 is 2. The average Bonchev–Trinajstić information content (AvgIpc) is 2.69. The summed E-state index contributed by atoms with van der Waals surface area (Å²) in [5.41, 5.74) is 0.560. The number of aliphatic carboxylic acids is 1. The molecule has 1 N–H and O–H groups in total. The zero-order chi connectivity index (χ0) is 22.3. The third-order valence-electron chi connectivity index (χ3n) is 3.83. The van der Waals surface area contributed by atoms with Gasteiger partial charge >= 0.3 is 5.97 Å². The standard InChI is InChI=1S/C23H26O7/c1-23(2,3)30-19-13-21(28-5)20(27-4)12-16(19)9-10-18(24)15-7-6-8-17(11-15)29-14-22(25)26/h6-13H,14H2,1-5H3,(H,25,26). The van der Waals surface area contributed by atoms with Gasteiger partial charge in [-0.25, -0.2) is 4.79 Å². The van der Waals surface area contributed by atoms with E-state index in [2.05, 4.69) is 0 Å². The SMILES string of the molecule is COc1cc(C=CC(=O)c2cccc(OCC(=O)O)c2)c(OC(C)(C)C)cc1OC. The topological polar surface area (TPSA) is 91.3 Å². The van der Waals surface area contributed by atoms with Crippen molar-refractivity contribution in [1.82, 2.24) is 0 Å². The molecule has 0 unspecified atom stereocenters. The molecular formula is C23H26O7. The largest absolute Gasteiger partial charge is 0.493 e. The highest BCUT2D eigenvalue weighted by Gasteiger charge is 2.17. The predicted molar refractivity (Wildman–Crippen MR) is 113 cm³/mol. The van der Waals surface area contributed by atoms with E-state index < -0.39 is 18.2 Å². The van der Waals surface area contributed by atoms with Crippen LogP contribution in [-0.2, 0) is 4.79 Å². The van der Waals surface area contributed by atoms with Crippen molar-refractivity contribution in [3.8, 4) is 23.0 Å². The van der Waals surface area contributed by atoms with E-state index in [1.807, 2.05) is 20.8 Å². The Bertz CT molecular complexity index is 939. The first-order chi connectivity index (χ1) is 14.1. The molecule has 0 saturated heterocycles. The third-order valence-corrected chi connectivity index (χ3v) is 3.83. The van der Waals surface area contributed by atoms with Crippen LogP contribution in [0, 0.1) is 0 Å². The molecular weight excluding hydrogens is 388 g/mol. The normalized spacial score (nSPS) is 11.2. The fourth-order valence-corrected chi connectivity index (χ4v) is 2.57. The average molecular weight is 414 g/mol. The maximum Gasteiger partial charge on any atom is 0.341 e. The van der Waals surface area contributed by atoms with Crippen molar-refractivity contribution in [2.45, 2.75) is 26.4 Å². The van der Waals surface area contributed by atoms with E-state index in [0.29, 0.717) is 34.1 Å². The van der Waals surface area contributed by atoms with E-state index in [0.717, 1.165) is 0 Å². The molecule has 2 aromatic rings. The molecule has 7 heteroatoms. The van der Waals surface area contributed by atoms with Crippen LogP contribution < -0.4 is 18.9 Å². The van der Waals surface area contributed by atoms with Crippen molar-refractivity contribution >= 4 is 17.8 Å². The van der Waals surface area contributed by atoms with Crippen LogP contribution in [0.4, 0.5) is 0 Å². The van der Waals surface area contributed by atoms with Crippen molar-refractivity contribution < 1.29 is 33.6 Å². The van der Waals surface area contributed by atoms with Gasteiger partial charge in [-0.2, -0.15) is 0 Å². The number of ether oxygens (including phenoxy) is 4. The lowest BCUT2D eigenvalue weighted by Crippen LogP contribution is -2.23. The van der Waals surface area contributed by atoms with Gasteiger partial charge in [-0.05, 0) is 51.1 Å². The predicted octanol–water partition coefficient (Wildman–Crippen LogP) is 4.24. The zero-order valence-electron chi connectivity index (χ0n) is 17.7. The maximum absolute atomic E-state index is 12.6. The number of carboxylic acids is 1. The highest BCUT2D eigenvalue weighted by atomic mass is 16.5. The van der Waals surface area contributed by atoms with Gasteiger partial charge in [-0.1, -0.05) is 12.1 Å².